The molecule has 7 atom stereocenters. The third-order valence-electron chi connectivity index (χ3n) is 8.09. The fraction of sp³-hybridized carbons (Fsp3) is 0.895. The second kappa shape index (κ2) is 4.52. The van der Waals surface area contributed by atoms with Crippen molar-refractivity contribution in [2.45, 2.75) is 65.2 Å². The third-order valence-corrected chi connectivity index (χ3v) is 8.09. The van der Waals surface area contributed by atoms with E-state index in [0.717, 1.165) is 48.3 Å². The lowest BCUT2D eigenvalue weighted by molar-refractivity contribution is -0.0524. The lowest BCUT2D eigenvalue weighted by Crippen LogP contribution is -2.47. The Morgan fingerprint density at radius 3 is 2.75 bits per heavy atom. The van der Waals surface area contributed by atoms with Crippen LogP contribution in [-0.2, 0) is 0 Å². The van der Waals surface area contributed by atoms with Crippen molar-refractivity contribution in [3.05, 3.63) is 11.8 Å². The lowest BCUT2D eigenvalue weighted by atomic mass is 9.50. The van der Waals surface area contributed by atoms with Crippen LogP contribution in [0.1, 0.15) is 65.2 Å². The summed E-state index contributed by atoms with van der Waals surface area (Å²) < 4.78 is 0. The Hall–Kier alpha value is -0.460. The number of hydrogen-bond donors (Lipinski definition) is 1. The highest BCUT2D eigenvalue weighted by Crippen LogP contribution is 2.63. The zero-order chi connectivity index (χ0) is 13.9. The maximum Gasteiger partial charge on any atom is 0.0885 e. The first-order valence-corrected chi connectivity index (χ1v) is 8.97. The SMILES string of the molecule is C[C@H]1CCC2C3CCC4CC(O)=CCC4C3CCC21C. The highest BCUT2D eigenvalue weighted by molar-refractivity contribution is 5.09. The fourth-order valence-electron chi connectivity index (χ4n) is 6.74. The van der Waals surface area contributed by atoms with Gasteiger partial charge in [-0.3, -0.25) is 0 Å². The molecule has 112 valence electrons. The van der Waals surface area contributed by atoms with Gasteiger partial charge in [0.15, 0.2) is 0 Å². The van der Waals surface area contributed by atoms with Gasteiger partial charge in [-0.25, -0.2) is 0 Å². The quantitative estimate of drug-likeness (QED) is 0.633. The second-order valence-corrected chi connectivity index (χ2v) is 8.59. The van der Waals surface area contributed by atoms with E-state index in [2.05, 4.69) is 19.9 Å². The molecule has 0 heterocycles. The molecule has 0 aromatic rings. The highest BCUT2D eigenvalue weighted by atomic mass is 16.3. The number of aliphatic hydroxyl groups excluding tert-OH is 1. The van der Waals surface area contributed by atoms with Crippen LogP contribution in [-0.4, -0.2) is 5.11 Å². The van der Waals surface area contributed by atoms with Gasteiger partial charge in [-0.1, -0.05) is 13.8 Å². The number of aliphatic hydroxyl groups is 1. The Kier molecular flexibility index (Phi) is 2.98. The van der Waals surface area contributed by atoms with Crippen molar-refractivity contribution in [1.29, 1.82) is 0 Å². The van der Waals surface area contributed by atoms with Gasteiger partial charge in [-0.2, -0.15) is 0 Å². The van der Waals surface area contributed by atoms with E-state index >= 15 is 0 Å². The molecule has 20 heavy (non-hydrogen) atoms. The van der Waals surface area contributed by atoms with Gasteiger partial charge in [0, 0.05) is 6.42 Å². The Balaban J connectivity index is 1.60. The largest absolute Gasteiger partial charge is 0.513 e. The van der Waals surface area contributed by atoms with Crippen LogP contribution in [0.5, 0.6) is 0 Å². The topological polar surface area (TPSA) is 20.2 Å². The monoisotopic (exact) mass is 274 g/mol. The maximum absolute atomic E-state index is 9.83. The van der Waals surface area contributed by atoms with Gasteiger partial charge in [0.1, 0.15) is 0 Å². The average Bonchev–Trinajstić information content (AvgIpc) is 2.74. The number of allylic oxidation sites excluding steroid dienone is 2. The van der Waals surface area contributed by atoms with Crippen LogP contribution in [0.25, 0.3) is 0 Å². The molecule has 0 saturated heterocycles. The minimum absolute atomic E-state index is 0.653. The summed E-state index contributed by atoms with van der Waals surface area (Å²) in [6, 6.07) is 0. The zero-order valence-electron chi connectivity index (χ0n) is 13.1. The predicted molar refractivity (Wildman–Crippen MR) is 82.4 cm³/mol. The molecule has 0 aromatic heterocycles. The van der Waals surface area contributed by atoms with Gasteiger partial charge >= 0.3 is 0 Å². The van der Waals surface area contributed by atoms with Crippen LogP contribution in [0.4, 0.5) is 0 Å². The molecule has 4 rings (SSSR count). The van der Waals surface area contributed by atoms with E-state index < -0.39 is 0 Å². The third kappa shape index (κ3) is 1.74. The number of hydrogen-bond acceptors (Lipinski definition) is 1. The summed E-state index contributed by atoms with van der Waals surface area (Å²) in [4.78, 5) is 0. The van der Waals surface area contributed by atoms with E-state index in [9.17, 15) is 5.11 Å². The number of rotatable bonds is 0. The summed E-state index contributed by atoms with van der Waals surface area (Å²) in [5.41, 5.74) is 0.653. The van der Waals surface area contributed by atoms with E-state index in [1.54, 1.807) is 0 Å². The van der Waals surface area contributed by atoms with Crippen molar-refractivity contribution in [2.75, 3.05) is 0 Å². The molecule has 6 unspecified atom stereocenters. The molecular formula is C19H30O. The van der Waals surface area contributed by atoms with Crippen molar-refractivity contribution < 1.29 is 5.11 Å². The Labute approximate surface area is 123 Å². The van der Waals surface area contributed by atoms with Gasteiger partial charge in [0.05, 0.1) is 5.76 Å². The maximum atomic E-state index is 9.83. The van der Waals surface area contributed by atoms with E-state index in [4.69, 9.17) is 0 Å². The van der Waals surface area contributed by atoms with Gasteiger partial charge in [0.25, 0.3) is 0 Å². The van der Waals surface area contributed by atoms with E-state index in [1.165, 1.54) is 38.5 Å². The first kappa shape index (κ1) is 13.2. The smallest absolute Gasteiger partial charge is 0.0885 e. The molecule has 3 saturated carbocycles. The zero-order valence-corrected chi connectivity index (χ0v) is 13.1. The highest BCUT2D eigenvalue weighted by Gasteiger charge is 2.55. The molecule has 1 nitrogen and oxygen atoms in total. The van der Waals surface area contributed by atoms with Gasteiger partial charge in [0.2, 0.25) is 0 Å². The molecular weight excluding hydrogens is 244 g/mol. The van der Waals surface area contributed by atoms with Crippen molar-refractivity contribution in [3.63, 3.8) is 0 Å². The van der Waals surface area contributed by atoms with Crippen LogP contribution >= 0.6 is 0 Å². The molecule has 4 aliphatic rings. The van der Waals surface area contributed by atoms with Crippen LogP contribution in [0, 0.1) is 40.9 Å². The molecule has 0 aromatic carbocycles. The first-order chi connectivity index (χ1) is 9.59. The Bertz CT molecular complexity index is 425. The molecule has 3 fully saturated rings. The summed E-state index contributed by atoms with van der Waals surface area (Å²) in [5, 5.41) is 9.83. The molecule has 0 bridgehead atoms. The molecule has 4 aliphatic carbocycles. The fourth-order valence-corrected chi connectivity index (χ4v) is 6.74. The standard InChI is InChI=1S/C19H30O/c1-12-3-8-18-17-6-4-13-11-14(20)5-7-15(13)16(17)9-10-19(12,18)2/h5,12-13,15-18,20H,3-4,6-11H2,1-2H3/t12-,13?,15?,16?,17?,18?,19?/m0/s1. The van der Waals surface area contributed by atoms with Crippen LogP contribution < -0.4 is 0 Å². The Morgan fingerprint density at radius 2 is 1.90 bits per heavy atom. The average molecular weight is 274 g/mol. The number of fused-ring (bicyclic) bond motifs is 5. The van der Waals surface area contributed by atoms with Gasteiger partial charge in [-0.05, 0) is 91.9 Å². The predicted octanol–water partition coefficient (Wildman–Crippen LogP) is 5.33. The van der Waals surface area contributed by atoms with Crippen molar-refractivity contribution in [1.82, 2.24) is 0 Å². The summed E-state index contributed by atoms with van der Waals surface area (Å²) in [6.07, 6.45) is 13.0. The van der Waals surface area contributed by atoms with Crippen LogP contribution in [0.2, 0.25) is 0 Å². The van der Waals surface area contributed by atoms with Gasteiger partial charge in [-0.15, -0.1) is 0 Å². The second-order valence-electron chi connectivity index (χ2n) is 8.59. The molecule has 1 heteroatoms. The van der Waals surface area contributed by atoms with Gasteiger partial charge < -0.3 is 5.11 Å². The minimum Gasteiger partial charge on any atom is -0.513 e. The van der Waals surface area contributed by atoms with Crippen LogP contribution in [0.3, 0.4) is 0 Å². The van der Waals surface area contributed by atoms with Crippen LogP contribution in [0.15, 0.2) is 11.8 Å². The normalized spacial score (nSPS) is 54.6. The molecule has 0 spiro atoms. The van der Waals surface area contributed by atoms with Crippen molar-refractivity contribution in [3.8, 4) is 0 Å². The molecule has 1 N–H and O–H groups in total. The molecule has 0 radical (unpaired) electrons. The summed E-state index contributed by atoms with van der Waals surface area (Å²) in [7, 11) is 0. The van der Waals surface area contributed by atoms with Crippen molar-refractivity contribution >= 4 is 0 Å². The lowest BCUT2D eigenvalue weighted by Gasteiger charge is -2.55. The summed E-state index contributed by atoms with van der Waals surface area (Å²) in [5.74, 6) is 6.31. The summed E-state index contributed by atoms with van der Waals surface area (Å²) >= 11 is 0. The van der Waals surface area contributed by atoms with E-state index in [-0.39, 0.29) is 0 Å². The summed E-state index contributed by atoms with van der Waals surface area (Å²) in [6.45, 7) is 5.11. The van der Waals surface area contributed by atoms with E-state index in [0.29, 0.717) is 11.2 Å². The van der Waals surface area contributed by atoms with Crippen molar-refractivity contribution in [2.24, 2.45) is 40.9 Å². The first-order valence-electron chi connectivity index (χ1n) is 8.97. The molecule has 0 amide bonds. The molecule has 0 aliphatic heterocycles. The Morgan fingerprint density at radius 1 is 1.05 bits per heavy atom. The van der Waals surface area contributed by atoms with E-state index in [1.807, 2.05) is 0 Å². The minimum atomic E-state index is 0.653.